The highest BCUT2D eigenvalue weighted by Gasteiger charge is 2.18. The lowest BCUT2D eigenvalue weighted by atomic mass is 9.92. The Balaban J connectivity index is 1.79. The van der Waals surface area contributed by atoms with Gasteiger partial charge in [0.25, 0.3) is 0 Å². The standard InChI is InChI=1S/C16H18N2O2/c17-15-3-1-2-13-9-18(10-14(13)15)8-11-4-6-12(7-5-11)16(19)20/h4-7,9-10,15H,1-3,8,17H2,(H,19,20). The smallest absolute Gasteiger partial charge is 0.335 e. The molecule has 1 aromatic carbocycles. The first-order valence-corrected chi connectivity index (χ1v) is 6.90. The Morgan fingerprint density at radius 1 is 1.30 bits per heavy atom. The Hall–Kier alpha value is -2.07. The van der Waals surface area contributed by atoms with Crippen LogP contribution in [0.1, 0.15) is 45.9 Å². The molecule has 104 valence electrons. The number of fused-ring (bicyclic) bond motifs is 1. The van der Waals surface area contributed by atoms with Crippen molar-refractivity contribution in [1.82, 2.24) is 4.57 Å². The van der Waals surface area contributed by atoms with Crippen LogP contribution < -0.4 is 5.73 Å². The van der Waals surface area contributed by atoms with Gasteiger partial charge in [0.2, 0.25) is 0 Å². The van der Waals surface area contributed by atoms with E-state index in [4.69, 9.17) is 10.8 Å². The Kier molecular flexibility index (Phi) is 3.32. The van der Waals surface area contributed by atoms with E-state index in [1.807, 2.05) is 12.1 Å². The molecular formula is C16H18N2O2. The van der Waals surface area contributed by atoms with Crippen LogP contribution >= 0.6 is 0 Å². The lowest BCUT2D eigenvalue weighted by Gasteiger charge is -2.17. The molecule has 1 aromatic heterocycles. The average Bonchev–Trinajstić information content (AvgIpc) is 2.83. The van der Waals surface area contributed by atoms with Gasteiger partial charge in [0.05, 0.1) is 5.56 Å². The molecule has 4 heteroatoms. The van der Waals surface area contributed by atoms with Gasteiger partial charge < -0.3 is 15.4 Å². The predicted octanol–water partition coefficient (Wildman–Crippen LogP) is 2.57. The lowest BCUT2D eigenvalue weighted by molar-refractivity contribution is 0.0697. The Bertz CT molecular complexity index is 628. The monoisotopic (exact) mass is 270 g/mol. The molecule has 4 nitrogen and oxygen atoms in total. The minimum absolute atomic E-state index is 0.161. The van der Waals surface area contributed by atoms with Crippen LogP contribution in [0.3, 0.4) is 0 Å². The Morgan fingerprint density at radius 2 is 2.05 bits per heavy atom. The Labute approximate surface area is 117 Å². The third-order valence-electron chi connectivity index (χ3n) is 3.92. The average molecular weight is 270 g/mol. The van der Waals surface area contributed by atoms with Gasteiger partial charge in [-0.05, 0) is 48.1 Å². The van der Waals surface area contributed by atoms with E-state index in [0.717, 1.165) is 31.4 Å². The molecule has 3 N–H and O–H groups in total. The minimum atomic E-state index is -0.890. The number of aryl methyl sites for hydroxylation is 1. The zero-order valence-corrected chi connectivity index (χ0v) is 11.2. The van der Waals surface area contributed by atoms with E-state index in [0.29, 0.717) is 5.56 Å². The van der Waals surface area contributed by atoms with Gasteiger partial charge in [0.15, 0.2) is 0 Å². The first kappa shape index (κ1) is 12.9. The topological polar surface area (TPSA) is 68.2 Å². The number of benzene rings is 1. The van der Waals surface area contributed by atoms with Crippen molar-refractivity contribution >= 4 is 5.97 Å². The fourth-order valence-electron chi connectivity index (χ4n) is 2.84. The van der Waals surface area contributed by atoms with Crippen LogP contribution in [0.2, 0.25) is 0 Å². The maximum Gasteiger partial charge on any atom is 0.335 e. The van der Waals surface area contributed by atoms with E-state index >= 15 is 0 Å². The van der Waals surface area contributed by atoms with E-state index in [-0.39, 0.29) is 6.04 Å². The zero-order chi connectivity index (χ0) is 14.1. The summed E-state index contributed by atoms with van der Waals surface area (Å²) in [6.45, 7) is 0.750. The second kappa shape index (κ2) is 5.13. The molecular weight excluding hydrogens is 252 g/mol. The van der Waals surface area contributed by atoms with Crippen molar-refractivity contribution < 1.29 is 9.90 Å². The summed E-state index contributed by atoms with van der Waals surface area (Å²) in [4.78, 5) is 10.8. The van der Waals surface area contributed by atoms with E-state index in [9.17, 15) is 4.79 Å². The molecule has 20 heavy (non-hydrogen) atoms. The number of rotatable bonds is 3. The molecule has 0 bridgehead atoms. The van der Waals surface area contributed by atoms with Gasteiger partial charge in [-0.2, -0.15) is 0 Å². The van der Waals surface area contributed by atoms with Crippen molar-refractivity contribution in [3.8, 4) is 0 Å². The van der Waals surface area contributed by atoms with Crippen molar-refractivity contribution in [3.05, 3.63) is 58.9 Å². The molecule has 0 amide bonds. The quantitative estimate of drug-likeness (QED) is 0.900. The van der Waals surface area contributed by atoms with Crippen LogP contribution in [-0.2, 0) is 13.0 Å². The number of carboxylic acid groups (broad SMARTS) is 1. The van der Waals surface area contributed by atoms with Crippen LogP contribution in [0.15, 0.2) is 36.7 Å². The normalized spacial score (nSPS) is 17.8. The number of nitrogens with two attached hydrogens (primary N) is 1. The highest BCUT2D eigenvalue weighted by molar-refractivity contribution is 5.87. The number of carboxylic acids is 1. The molecule has 0 radical (unpaired) electrons. The molecule has 1 atom stereocenters. The van der Waals surface area contributed by atoms with E-state index < -0.39 is 5.97 Å². The van der Waals surface area contributed by atoms with Gasteiger partial charge in [-0.1, -0.05) is 12.1 Å². The lowest BCUT2D eigenvalue weighted by Crippen LogP contribution is -2.15. The number of hydrogen-bond acceptors (Lipinski definition) is 2. The van der Waals surface area contributed by atoms with Crippen molar-refractivity contribution in [1.29, 1.82) is 0 Å². The maximum atomic E-state index is 10.8. The predicted molar refractivity (Wildman–Crippen MR) is 76.8 cm³/mol. The molecule has 1 heterocycles. The van der Waals surface area contributed by atoms with Gasteiger partial charge in [0, 0.05) is 25.0 Å². The first-order valence-electron chi connectivity index (χ1n) is 6.90. The van der Waals surface area contributed by atoms with E-state index in [1.54, 1.807) is 12.1 Å². The summed E-state index contributed by atoms with van der Waals surface area (Å²) in [6.07, 6.45) is 7.62. The Morgan fingerprint density at radius 3 is 2.70 bits per heavy atom. The molecule has 0 saturated heterocycles. The molecule has 0 spiro atoms. The third kappa shape index (κ3) is 2.47. The van der Waals surface area contributed by atoms with E-state index in [2.05, 4.69) is 17.0 Å². The van der Waals surface area contributed by atoms with E-state index in [1.165, 1.54) is 11.1 Å². The highest BCUT2D eigenvalue weighted by atomic mass is 16.4. The van der Waals surface area contributed by atoms with Crippen LogP contribution in [-0.4, -0.2) is 15.6 Å². The van der Waals surface area contributed by atoms with Gasteiger partial charge in [-0.15, -0.1) is 0 Å². The van der Waals surface area contributed by atoms with Gasteiger partial charge in [0.1, 0.15) is 0 Å². The van der Waals surface area contributed by atoms with Crippen LogP contribution in [0.5, 0.6) is 0 Å². The molecule has 3 rings (SSSR count). The fraction of sp³-hybridized carbons (Fsp3) is 0.312. The van der Waals surface area contributed by atoms with Crippen LogP contribution in [0.25, 0.3) is 0 Å². The second-order valence-corrected chi connectivity index (χ2v) is 5.41. The summed E-state index contributed by atoms with van der Waals surface area (Å²) in [5, 5.41) is 8.89. The molecule has 1 aliphatic rings. The highest BCUT2D eigenvalue weighted by Crippen LogP contribution is 2.28. The fourth-order valence-corrected chi connectivity index (χ4v) is 2.84. The van der Waals surface area contributed by atoms with Crippen LogP contribution in [0, 0.1) is 0 Å². The molecule has 1 unspecified atom stereocenters. The zero-order valence-electron chi connectivity index (χ0n) is 11.2. The number of carbonyl (C=O) groups is 1. The number of aromatic carboxylic acids is 1. The molecule has 0 fully saturated rings. The van der Waals surface area contributed by atoms with Gasteiger partial charge in [-0.25, -0.2) is 4.79 Å². The first-order chi connectivity index (χ1) is 9.63. The molecule has 0 aliphatic heterocycles. The summed E-state index contributed by atoms with van der Waals surface area (Å²) < 4.78 is 2.14. The molecule has 1 aliphatic carbocycles. The summed E-state index contributed by atoms with van der Waals surface area (Å²) in [6, 6.07) is 7.18. The largest absolute Gasteiger partial charge is 0.478 e. The summed E-state index contributed by atoms with van der Waals surface area (Å²) in [5.41, 5.74) is 10.2. The minimum Gasteiger partial charge on any atom is -0.478 e. The molecule has 0 saturated carbocycles. The van der Waals surface area contributed by atoms with Gasteiger partial charge >= 0.3 is 5.97 Å². The number of hydrogen-bond donors (Lipinski definition) is 2. The van der Waals surface area contributed by atoms with Crippen molar-refractivity contribution in [2.45, 2.75) is 31.8 Å². The number of nitrogens with zero attached hydrogens (tertiary/aromatic N) is 1. The van der Waals surface area contributed by atoms with Crippen LogP contribution in [0.4, 0.5) is 0 Å². The molecule has 2 aromatic rings. The third-order valence-corrected chi connectivity index (χ3v) is 3.92. The summed E-state index contributed by atoms with van der Waals surface area (Å²) in [7, 11) is 0. The van der Waals surface area contributed by atoms with Crippen molar-refractivity contribution in [3.63, 3.8) is 0 Å². The summed E-state index contributed by atoms with van der Waals surface area (Å²) in [5.74, 6) is -0.890. The number of aromatic nitrogens is 1. The summed E-state index contributed by atoms with van der Waals surface area (Å²) >= 11 is 0. The van der Waals surface area contributed by atoms with Crippen molar-refractivity contribution in [2.75, 3.05) is 0 Å². The SMILES string of the molecule is NC1CCCc2cn(Cc3ccc(C(=O)O)cc3)cc21. The van der Waals surface area contributed by atoms with Crippen molar-refractivity contribution in [2.24, 2.45) is 5.73 Å². The maximum absolute atomic E-state index is 10.8. The second-order valence-electron chi connectivity index (χ2n) is 5.41. The van der Waals surface area contributed by atoms with Gasteiger partial charge in [-0.3, -0.25) is 0 Å².